The number of amides is 1. The van der Waals surface area contributed by atoms with Crippen molar-refractivity contribution in [2.24, 2.45) is 0 Å². The molecule has 0 bridgehead atoms. The molecule has 1 heterocycles. The molecule has 1 N–H and O–H groups in total. The Hall–Kier alpha value is -2.88. The second kappa shape index (κ2) is 7.16. The molecule has 0 atom stereocenters. The van der Waals surface area contributed by atoms with Crippen LogP contribution in [0.2, 0.25) is 0 Å². The molecule has 4 nitrogen and oxygen atoms in total. The molecule has 0 fully saturated rings. The van der Waals surface area contributed by atoms with Crippen molar-refractivity contribution in [3.63, 3.8) is 0 Å². The van der Waals surface area contributed by atoms with E-state index < -0.39 is 0 Å². The number of carbonyl (C=O) groups excluding carboxylic acids is 1. The van der Waals surface area contributed by atoms with Crippen LogP contribution in [0.25, 0.3) is 11.3 Å². The fourth-order valence-corrected chi connectivity index (χ4v) is 2.82. The lowest BCUT2D eigenvalue weighted by molar-refractivity contribution is 0.0950. The Kier molecular flexibility index (Phi) is 4.94. The second-order valence-electron chi connectivity index (χ2n) is 7.47. The average molecular weight is 348 g/mol. The number of hydrogen-bond acceptors (Lipinski definition) is 3. The fraction of sp³-hybridized carbons (Fsp3) is 0.273. The van der Waals surface area contributed by atoms with Gasteiger partial charge in [-0.2, -0.15) is 0 Å². The van der Waals surface area contributed by atoms with Crippen LogP contribution in [0.5, 0.6) is 0 Å². The number of rotatable bonds is 4. The zero-order valence-electron chi connectivity index (χ0n) is 15.7. The van der Waals surface area contributed by atoms with Gasteiger partial charge in [0.2, 0.25) is 0 Å². The van der Waals surface area contributed by atoms with Gasteiger partial charge >= 0.3 is 0 Å². The van der Waals surface area contributed by atoms with E-state index in [0.29, 0.717) is 23.6 Å². The van der Waals surface area contributed by atoms with Gasteiger partial charge in [-0.05, 0) is 23.5 Å². The molecule has 3 rings (SSSR count). The van der Waals surface area contributed by atoms with Gasteiger partial charge in [-0.1, -0.05) is 80.5 Å². The van der Waals surface area contributed by atoms with Crippen LogP contribution in [0.4, 0.5) is 0 Å². The maximum absolute atomic E-state index is 12.7. The van der Waals surface area contributed by atoms with Crippen molar-refractivity contribution in [3.05, 3.63) is 77.0 Å². The van der Waals surface area contributed by atoms with Crippen LogP contribution in [0.3, 0.4) is 0 Å². The minimum absolute atomic E-state index is 0.0751. The first-order valence-electron chi connectivity index (χ1n) is 8.75. The summed E-state index contributed by atoms with van der Waals surface area (Å²) in [6.45, 7) is 8.76. The summed E-state index contributed by atoms with van der Waals surface area (Å²) in [5.41, 5.74) is 4.28. The van der Waals surface area contributed by atoms with E-state index in [2.05, 4.69) is 43.4 Å². The van der Waals surface area contributed by atoms with E-state index in [1.807, 2.05) is 42.5 Å². The smallest absolute Gasteiger partial charge is 0.257 e. The van der Waals surface area contributed by atoms with E-state index in [9.17, 15) is 4.79 Å². The molecule has 3 aromatic rings. The summed E-state index contributed by atoms with van der Waals surface area (Å²) in [7, 11) is 0. The highest BCUT2D eigenvalue weighted by molar-refractivity contribution is 6.00. The summed E-state index contributed by atoms with van der Waals surface area (Å²) in [5.74, 6) is 0.330. The van der Waals surface area contributed by atoms with Gasteiger partial charge < -0.3 is 9.84 Å². The van der Waals surface area contributed by atoms with Crippen molar-refractivity contribution in [2.75, 3.05) is 0 Å². The minimum Gasteiger partial charge on any atom is -0.355 e. The summed E-state index contributed by atoms with van der Waals surface area (Å²) in [4.78, 5) is 12.7. The predicted octanol–water partition coefficient (Wildman–Crippen LogP) is 4.88. The zero-order valence-corrected chi connectivity index (χ0v) is 15.7. The van der Waals surface area contributed by atoms with Crippen LogP contribution < -0.4 is 5.32 Å². The maximum atomic E-state index is 12.7. The molecule has 26 heavy (non-hydrogen) atoms. The molecule has 0 spiro atoms. The Labute approximate surface area is 154 Å². The van der Waals surface area contributed by atoms with Gasteiger partial charge in [0.15, 0.2) is 5.76 Å². The molecule has 1 aromatic heterocycles. The number of benzene rings is 2. The Morgan fingerprint density at radius 3 is 2.31 bits per heavy atom. The number of hydrogen-bond donors (Lipinski definition) is 1. The third-order valence-electron chi connectivity index (χ3n) is 4.40. The van der Waals surface area contributed by atoms with Crippen molar-refractivity contribution in [1.29, 1.82) is 0 Å². The Bertz CT molecular complexity index is 888. The minimum atomic E-state index is -0.178. The van der Waals surface area contributed by atoms with Crippen LogP contribution in [0.15, 0.2) is 59.1 Å². The normalized spacial score (nSPS) is 11.4. The van der Waals surface area contributed by atoms with E-state index in [0.717, 1.165) is 11.1 Å². The lowest BCUT2D eigenvalue weighted by atomic mass is 9.86. The molecule has 0 aliphatic rings. The first-order valence-corrected chi connectivity index (χ1v) is 8.75. The molecule has 0 aliphatic carbocycles. The SMILES string of the molecule is Cc1noc(-c2ccc(C(C)(C)C)cc2)c1C(=O)NCc1ccccc1. The third-order valence-corrected chi connectivity index (χ3v) is 4.40. The standard InChI is InChI=1S/C22H24N2O2/c1-15-19(21(25)23-14-16-8-6-5-7-9-16)20(26-24-15)17-10-12-18(13-11-17)22(2,3)4/h5-13H,14H2,1-4H3,(H,23,25). The number of aryl methyl sites for hydroxylation is 1. The van der Waals surface area contributed by atoms with Crippen LogP contribution in [0, 0.1) is 6.92 Å². The molecule has 0 saturated heterocycles. The summed E-state index contributed by atoms with van der Waals surface area (Å²) in [6, 6.07) is 17.9. The van der Waals surface area contributed by atoms with Gasteiger partial charge in [0.25, 0.3) is 5.91 Å². The molecule has 0 radical (unpaired) electrons. The van der Waals surface area contributed by atoms with Crippen molar-refractivity contribution < 1.29 is 9.32 Å². The molecule has 0 unspecified atom stereocenters. The van der Waals surface area contributed by atoms with E-state index >= 15 is 0 Å². The molecule has 1 amide bonds. The van der Waals surface area contributed by atoms with E-state index in [1.54, 1.807) is 6.92 Å². The Balaban J connectivity index is 1.83. The van der Waals surface area contributed by atoms with Crippen LogP contribution in [0.1, 0.15) is 48.0 Å². The first-order chi connectivity index (χ1) is 12.4. The van der Waals surface area contributed by atoms with Gasteiger partial charge in [-0.15, -0.1) is 0 Å². The van der Waals surface area contributed by atoms with Crippen molar-refractivity contribution >= 4 is 5.91 Å². The summed E-state index contributed by atoms with van der Waals surface area (Å²) >= 11 is 0. The molecule has 4 heteroatoms. The molecule has 0 saturated carbocycles. The van der Waals surface area contributed by atoms with Gasteiger partial charge in [0, 0.05) is 12.1 Å². The van der Waals surface area contributed by atoms with Crippen LogP contribution in [-0.4, -0.2) is 11.1 Å². The molecular weight excluding hydrogens is 324 g/mol. The second-order valence-corrected chi connectivity index (χ2v) is 7.47. The number of nitrogens with one attached hydrogen (secondary N) is 1. The zero-order chi connectivity index (χ0) is 18.7. The molecule has 0 aliphatic heterocycles. The van der Waals surface area contributed by atoms with Gasteiger partial charge in [0.1, 0.15) is 5.56 Å². The largest absolute Gasteiger partial charge is 0.355 e. The van der Waals surface area contributed by atoms with E-state index in [4.69, 9.17) is 4.52 Å². The maximum Gasteiger partial charge on any atom is 0.257 e. The highest BCUT2D eigenvalue weighted by Crippen LogP contribution is 2.29. The average Bonchev–Trinajstić information content (AvgIpc) is 3.01. The van der Waals surface area contributed by atoms with Gasteiger partial charge in [-0.25, -0.2) is 0 Å². The molecular formula is C22H24N2O2. The third kappa shape index (κ3) is 3.85. The van der Waals surface area contributed by atoms with Gasteiger partial charge in [-0.3, -0.25) is 4.79 Å². The molecule has 134 valence electrons. The van der Waals surface area contributed by atoms with Crippen molar-refractivity contribution in [3.8, 4) is 11.3 Å². The number of nitrogens with zero attached hydrogens (tertiary/aromatic N) is 1. The van der Waals surface area contributed by atoms with Gasteiger partial charge in [0.05, 0.1) is 5.69 Å². The Morgan fingerprint density at radius 1 is 1.04 bits per heavy atom. The van der Waals surface area contributed by atoms with Crippen LogP contribution >= 0.6 is 0 Å². The quantitative estimate of drug-likeness (QED) is 0.731. The van der Waals surface area contributed by atoms with Crippen LogP contribution in [-0.2, 0) is 12.0 Å². The van der Waals surface area contributed by atoms with Crippen molar-refractivity contribution in [2.45, 2.75) is 39.7 Å². The predicted molar refractivity (Wildman–Crippen MR) is 103 cm³/mol. The lowest BCUT2D eigenvalue weighted by Crippen LogP contribution is -2.23. The number of aromatic nitrogens is 1. The summed E-state index contributed by atoms with van der Waals surface area (Å²) in [6.07, 6.45) is 0. The number of carbonyl (C=O) groups is 1. The highest BCUT2D eigenvalue weighted by Gasteiger charge is 2.22. The topological polar surface area (TPSA) is 55.1 Å². The van der Waals surface area contributed by atoms with E-state index in [1.165, 1.54) is 5.56 Å². The lowest BCUT2D eigenvalue weighted by Gasteiger charge is -2.18. The first kappa shape index (κ1) is 17.9. The monoisotopic (exact) mass is 348 g/mol. The Morgan fingerprint density at radius 2 is 1.69 bits per heavy atom. The molecule has 2 aromatic carbocycles. The van der Waals surface area contributed by atoms with E-state index in [-0.39, 0.29) is 11.3 Å². The fourth-order valence-electron chi connectivity index (χ4n) is 2.82. The highest BCUT2D eigenvalue weighted by atomic mass is 16.5. The summed E-state index contributed by atoms with van der Waals surface area (Å²) in [5, 5.41) is 6.95. The summed E-state index contributed by atoms with van der Waals surface area (Å²) < 4.78 is 5.47. The van der Waals surface area contributed by atoms with Crippen molar-refractivity contribution in [1.82, 2.24) is 10.5 Å².